The monoisotopic (exact) mass is 692 g/mol. The number of hydrogen-bond donors (Lipinski definition) is 1. The Labute approximate surface area is 281 Å². The highest BCUT2D eigenvalue weighted by molar-refractivity contribution is 6.35. The summed E-state index contributed by atoms with van der Waals surface area (Å²) in [6.45, 7) is 7.55. The summed E-state index contributed by atoms with van der Waals surface area (Å²) in [5.41, 5.74) is 4.24. The van der Waals surface area contributed by atoms with Gasteiger partial charge in [-0.25, -0.2) is 18.0 Å². The number of nitrogens with zero attached hydrogens (tertiary/aromatic N) is 5. The summed E-state index contributed by atoms with van der Waals surface area (Å²) < 4.78 is 58.4. The van der Waals surface area contributed by atoms with Crippen LogP contribution in [0.5, 0.6) is 6.01 Å². The van der Waals surface area contributed by atoms with Gasteiger partial charge < -0.3 is 20.1 Å². The van der Waals surface area contributed by atoms with Crippen LogP contribution in [0.1, 0.15) is 52.9 Å². The molecular weight excluding hydrogens is 656 g/mol. The molecule has 1 aromatic heterocycles. The minimum Gasteiger partial charge on any atom is -0.461 e. The molecule has 1 amide bonds. The van der Waals surface area contributed by atoms with Crippen LogP contribution in [0.25, 0.3) is 22.0 Å². The lowest BCUT2D eigenvalue weighted by Gasteiger charge is -2.42. The third kappa shape index (κ3) is 5.69. The predicted molar refractivity (Wildman–Crippen MR) is 175 cm³/mol. The van der Waals surface area contributed by atoms with Crippen molar-refractivity contribution in [1.82, 2.24) is 19.8 Å². The Hall–Kier alpha value is -3.22. The number of aromatic nitrogens is 2. The second-order valence-corrected chi connectivity index (χ2v) is 15.0. The molecule has 4 aliphatic rings. The van der Waals surface area contributed by atoms with Crippen molar-refractivity contribution in [2.45, 2.75) is 82.3 Å². The summed E-state index contributed by atoms with van der Waals surface area (Å²) in [6, 6.07) is 3.75. The Kier molecular flexibility index (Phi) is 8.07. The maximum Gasteiger partial charge on any atom is 0.410 e. The smallest absolute Gasteiger partial charge is 0.410 e. The fourth-order valence-electron chi connectivity index (χ4n) is 7.85. The summed E-state index contributed by atoms with van der Waals surface area (Å²) in [6.07, 6.45) is 2.24. The second-order valence-electron chi connectivity index (χ2n) is 14.1. The van der Waals surface area contributed by atoms with Gasteiger partial charge in [0.05, 0.1) is 27.7 Å². The first-order chi connectivity index (χ1) is 22.2. The van der Waals surface area contributed by atoms with Gasteiger partial charge in [0, 0.05) is 48.3 Å². The number of nitrogens with two attached hydrogens (primary N) is 1. The molecular formula is C33H37Cl2F3N6O3. The number of rotatable bonds is 5. The molecule has 2 bridgehead atoms. The van der Waals surface area contributed by atoms with E-state index in [0.717, 1.165) is 32.2 Å². The third-order valence-corrected chi connectivity index (χ3v) is 10.4. The topological polar surface area (TPSA) is 97.0 Å². The highest BCUT2D eigenvalue weighted by Gasteiger charge is 2.50. The van der Waals surface area contributed by atoms with E-state index >= 15 is 8.78 Å². The molecule has 0 aliphatic carbocycles. The highest BCUT2D eigenvalue weighted by Crippen LogP contribution is 2.45. The largest absolute Gasteiger partial charge is 0.461 e. The standard InChI is InChI=1S/C33H37Cl2F3N6O3/c1-32(2,3)47-31(45)44-18-5-6-19(44)15-42(14-18)29-20-11-22(35)24(25-23(39)8-7-21(34)26(25)37)27(38)28(20)40-30(41-29)46-16-33-9-4-10-43(33)13-17(36)12-33/h7-8,11,17-19H,4-6,9-10,12-16,39H2,1-3H3/t17-,18?,19?,33+/m1/s1. The molecule has 3 aromatic rings. The van der Waals surface area contributed by atoms with Crippen LogP contribution in [0, 0.1) is 11.6 Å². The third-order valence-electron chi connectivity index (χ3n) is 9.84. The van der Waals surface area contributed by atoms with Crippen molar-refractivity contribution in [3.05, 3.63) is 39.9 Å². The van der Waals surface area contributed by atoms with Gasteiger partial charge in [0.2, 0.25) is 0 Å². The van der Waals surface area contributed by atoms with Crippen LogP contribution in [-0.2, 0) is 4.74 Å². The number of piperazine rings is 1. The van der Waals surface area contributed by atoms with Gasteiger partial charge in [-0.05, 0) is 71.2 Å². The number of benzene rings is 2. The Morgan fingerprint density at radius 1 is 1.06 bits per heavy atom. The summed E-state index contributed by atoms with van der Waals surface area (Å²) in [4.78, 5) is 28.3. The van der Waals surface area contributed by atoms with Crippen molar-refractivity contribution in [3.8, 4) is 17.1 Å². The van der Waals surface area contributed by atoms with Gasteiger partial charge in [-0.1, -0.05) is 23.2 Å². The van der Waals surface area contributed by atoms with Gasteiger partial charge in [0.1, 0.15) is 29.7 Å². The molecule has 2 unspecified atom stereocenters. The summed E-state index contributed by atoms with van der Waals surface area (Å²) in [5, 5.41) is -0.0455. The molecule has 4 aliphatic heterocycles. The number of anilines is 2. The van der Waals surface area contributed by atoms with E-state index in [1.807, 2.05) is 25.7 Å². The average Bonchev–Trinajstić information content (AvgIpc) is 3.61. The van der Waals surface area contributed by atoms with Crippen molar-refractivity contribution in [2.24, 2.45) is 0 Å². The second kappa shape index (κ2) is 11.7. The van der Waals surface area contributed by atoms with Crippen LogP contribution < -0.4 is 15.4 Å². The minimum atomic E-state index is -0.955. The van der Waals surface area contributed by atoms with E-state index in [9.17, 15) is 9.18 Å². The number of ether oxygens (including phenoxy) is 2. The number of halogens is 5. The number of amides is 1. The van der Waals surface area contributed by atoms with Gasteiger partial charge in [0.25, 0.3) is 0 Å². The zero-order valence-electron chi connectivity index (χ0n) is 26.5. The molecule has 4 saturated heterocycles. The lowest BCUT2D eigenvalue weighted by atomic mass is 9.95. The lowest BCUT2D eigenvalue weighted by molar-refractivity contribution is 0.0122. The van der Waals surface area contributed by atoms with Crippen molar-refractivity contribution in [3.63, 3.8) is 0 Å². The molecule has 0 radical (unpaired) electrons. The summed E-state index contributed by atoms with van der Waals surface area (Å²) >= 11 is 12.7. The zero-order valence-corrected chi connectivity index (χ0v) is 28.0. The van der Waals surface area contributed by atoms with Crippen LogP contribution in [0.2, 0.25) is 10.0 Å². The molecule has 4 atom stereocenters. The van der Waals surface area contributed by atoms with E-state index in [2.05, 4.69) is 9.88 Å². The van der Waals surface area contributed by atoms with E-state index in [4.69, 9.17) is 43.4 Å². The zero-order chi connectivity index (χ0) is 33.4. The molecule has 0 saturated carbocycles. The number of carbonyl (C=O) groups is 1. The number of nitrogen functional groups attached to an aromatic ring is 1. The quantitative estimate of drug-likeness (QED) is 0.286. The van der Waals surface area contributed by atoms with E-state index in [0.29, 0.717) is 37.3 Å². The van der Waals surface area contributed by atoms with Crippen LogP contribution in [0.4, 0.5) is 29.5 Å². The number of alkyl halides is 1. The summed E-state index contributed by atoms with van der Waals surface area (Å²) in [5.74, 6) is -1.45. The van der Waals surface area contributed by atoms with Gasteiger partial charge in [-0.3, -0.25) is 9.80 Å². The van der Waals surface area contributed by atoms with Gasteiger partial charge in [-0.15, -0.1) is 0 Å². The fourth-order valence-corrected chi connectivity index (χ4v) is 8.29. The maximum atomic E-state index is 16.7. The average molecular weight is 694 g/mol. The predicted octanol–water partition coefficient (Wildman–Crippen LogP) is 7.01. The van der Waals surface area contributed by atoms with Gasteiger partial charge in [0.15, 0.2) is 11.6 Å². The molecule has 2 aromatic carbocycles. The van der Waals surface area contributed by atoms with E-state index in [1.165, 1.54) is 18.2 Å². The SMILES string of the molecule is CC(C)(C)OC(=O)N1C2CCC1CN(c1nc(OC[C@@]34CCCN3C[C@H](F)C4)nc3c(F)c(-c4c(N)ccc(Cl)c4F)c(Cl)cc13)C2. The van der Waals surface area contributed by atoms with Crippen molar-refractivity contribution in [2.75, 3.05) is 43.4 Å². The summed E-state index contributed by atoms with van der Waals surface area (Å²) in [7, 11) is 0. The lowest BCUT2D eigenvalue weighted by Crippen LogP contribution is -2.57. The van der Waals surface area contributed by atoms with Gasteiger partial charge in [-0.2, -0.15) is 9.97 Å². The first-order valence-electron chi connectivity index (χ1n) is 16.0. The molecule has 2 N–H and O–H groups in total. The van der Waals surface area contributed by atoms with E-state index in [1.54, 1.807) is 4.90 Å². The number of hydrogen-bond acceptors (Lipinski definition) is 8. The van der Waals surface area contributed by atoms with Crippen molar-refractivity contribution < 1.29 is 27.4 Å². The molecule has 0 spiro atoms. The van der Waals surface area contributed by atoms with E-state index in [-0.39, 0.29) is 63.2 Å². The molecule has 252 valence electrons. The molecule has 14 heteroatoms. The Morgan fingerprint density at radius 3 is 2.49 bits per heavy atom. The number of fused-ring (bicyclic) bond motifs is 4. The Morgan fingerprint density at radius 2 is 1.79 bits per heavy atom. The Balaban J connectivity index is 1.31. The normalized spacial score (nSPS) is 25.9. The van der Waals surface area contributed by atoms with E-state index < -0.39 is 28.9 Å². The minimum absolute atomic E-state index is 0.0462. The molecule has 4 fully saturated rings. The first kappa shape index (κ1) is 32.3. The van der Waals surface area contributed by atoms with Crippen LogP contribution in [0.3, 0.4) is 0 Å². The number of carbonyl (C=O) groups excluding carboxylic acids is 1. The fraction of sp³-hybridized carbons (Fsp3) is 0.545. The van der Waals surface area contributed by atoms with Crippen LogP contribution in [0.15, 0.2) is 18.2 Å². The molecule has 47 heavy (non-hydrogen) atoms. The Bertz CT molecular complexity index is 1750. The maximum absolute atomic E-state index is 16.7. The molecule has 5 heterocycles. The highest BCUT2D eigenvalue weighted by atomic mass is 35.5. The van der Waals surface area contributed by atoms with Gasteiger partial charge >= 0.3 is 12.1 Å². The van der Waals surface area contributed by atoms with Crippen LogP contribution >= 0.6 is 23.2 Å². The van der Waals surface area contributed by atoms with Crippen molar-refractivity contribution >= 4 is 51.7 Å². The van der Waals surface area contributed by atoms with Crippen molar-refractivity contribution in [1.29, 1.82) is 0 Å². The van der Waals surface area contributed by atoms with Crippen LogP contribution in [-0.4, -0.2) is 88.0 Å². The molecule has 7 rings (SSSR count). The molecule has 9 nitrogen and oxygen atoms in total. The first-order valence-corrected chi connectivity index (χ1v) is 16.7.